The largest absolute Gasteiger partial charge is 0.384 e. The summed E-state index contributed by atoms with van der Waals surface area (Å²) in [5, 5.41) is 15.9. The van der Waals surface area contributed by atoms with Crippen molar-refractivity contribution in [3.8, 4) is 0 Å². The van der Waals surface area contributed by atoms with Crippen molar-refractivity contribution < 1.29 is 0 Å². The average Bonchev–Trinajstić information content (AvgIpc) is 2.70. The van der Waals surface area contributed by atoms with E-state index < -0.39 is 0 Å². The number of amidine groups is 1. The van der Waals surface area contributed by atoms with Crippen molar-refractivity contribution >= 4 is 28.9 Å². The zero-order valence-corrected chi connectivity index (χ0v) is 10.1. The van der Waals surface area contributed by atoms with E-state index in [1.54, 1.807) is 11.7 Å². The zero-order chi connectivity index (χ0) is 11.5. The summed E-state index contributed by atoms with van der Waals surface area (Å²) < 4.78 is 0.792. The zero-order valence-electron chi connectivity index (χ0n) is 8.47. The number of hydrogen-bond donors (Lipinski definition) is 2. The molecule has 0 spiro atoms. The SMILES string of the molecule is Cc1ccnc(Sc2nncs2)c1C(=N)N. The summed E-state index contributed by atoms with van der Waals surface area (Å²) in [6.07, 6.45) is 1.70. The van der Waals surface area contributed by atoms with E-state index in [1.807, 2.05) is 13.0 Å². The number of nitrogens with zero attached hydrogens (tertiary/aromatic N) is 3. The molecule has 16 heavy (non-hydrogen) atoms. The highest BCUT2D eigenvalue weighted by Gasteiger charge is 2.12. The van der Waals surface area contributed by atoms with E-state index in [9.17, 15) is 0 Å². The molecule has 0 atom stereocenters. The third-order valence-electron chi connectivity index (χ3n) is 1.92. The van der Waals surface area contributed by atoms with Gasteiger partial charge in [-0.15, -0.1) is 10.2 Å². The maximum Gasteiger partial charge on any atom is 0.180 e. The lowest BCUT2D eigenvalue weighted by Crippen LogP contribution is -2.14. The van der Waals surface area contributed by atoms with Gasteiger partial charge in [0.2, 0.25) is 0 Å². The number of hydrogen-bond acceptors (Lipinski definition) is 6. The number of nitrogens with one attached hydrogen (secondary N) is 1. The molecule has 0 unspecified atom stereocenters. The Hall–Kier alpha value is -1.47. The predicted octanol–water partition coefficient (Wildman–Crippen LogP) is 1.68. The first kappa shape index (κ1) is 11.0. The number of rotatable bonds is 3. The van der Waals surface area contributed by atoms with Gasteiger partial charge in [0.05, 0.1) is 5.56 Å². The van der Waals surface area contributed by atoms with Crippen molar-refractivity contribution in [2.24, 2.45) is 5.73 Å². The van der Waals surface area contributed by atoms with Gasteiger partial charge in [-0.1, -0.05) is 11.3 Å². The van der Waals surface area contributed by atoms with Crippen LogP contribution in [-0.2, 0) is 0 Å². The van der Waals surface area contributed by atoms with E-state index in [0.717, 1.165) is 9.90 Å². The second-order valence-corrected chi connectivity index (χ2v) is 5.10. The Balaban J connectivity index is 2.40. The molecular weight excluding hydrogens is 242 g/mol. The van der Waals surface area contributed by atoms with Crippen LogP contribution in [0.2, 0.25) is 0 Å². The molecule has 5 nitrogen and oxygen atoms in total. The second kappa shape index (κ2) is 4.58. The maximum absolute atomic E-state index is 7.54. The van der Waals surface area contributed by atoms with Crippen molar-refractivity contribution in [1.82, 2.24) is 15.2 Å². The van der Waals surface area contributed by atoms with Gasteiger partial charge in [0.15, 0.2) is 4.34 Å². The smallest absolute Gasteiger partial charge is 0.180 e. The van der Waals surface area contributed by atoms with Gasteiger partial charge in [-0.3, -0.25) is 5.41 Å². The topological polar surface area (TPSA) is 88.5 Å². The Kier molecular flexibility index (Phi) is 3.16. The molecule has 0 aromatic carbocycles. The number of pyridine rings is 1. The van der Waals surface area contributed by atoms with Crippen LogP contribution in [-0.4, -0.2) is 21.0 Å². The van der Waals surface area contributed by atoms with Crippen molar-refractivity contribution in [3.63, 3.8) is 0 Å². The molecule has 2 aromatic rings. The van der Waals surface area contributed by atoms with Crippen LogP contribution < -0.4 is 5.73 Å². The molecule has 82 valence electrons. The van der Waals surface area contributed by atoms with Gasteiger partial charge in [-0.05, 0) is 30.3 Å². The molecule has 0 bridgehead atoms. The van der Waals surface area contributed by atoms with Crippen LogP contribution >= 0.6 is 23.1 Å². The molecule has 0 aliphatic carbocycles. The first-order valence-corrected chi connectivity index (χ1v) is 6.12. The van der Waals surface area contributed by atoms with Crippen LogP contribution in [0.1, 0.15) is 11.1 Å². The quantitative estimate of drug-likeness (QED) is 0.640. The fraction of sp³-hybridized carbons (Fsp3) is 0.111. The Morgan fingerprint density at radius 1 is 1.56 bits per heavy atom. The molecule has 0 aliphatic heterocycles. The standard InChI is InChI=1S/C9H9N5S2/c1-5-2-3-12-8(6(5)7(10)11)16-9-14-13-4-15-9/h2-4H,1H3,(H3,10,11). The molecule has 2 heterocycles. The van der Waals surface area contributed by atoms with E-state index in [2.05, 4.69) is 15.2 Å². The fourth-order valence-electron chi connectivity index (χ4n) is 1.23. The summed E-state index contributed by atoms with van der Waals surface area (Å²) in [4.78, 5) is 4.22. The molecule has 0 saturated heterocycles. The monoisotopic (exact) mass is 251 g/mol. The summed E-state index contributed by atoms with van der Waals surface area (Å²) in [6.45, 7) is 1.91. The van der Waals surface area contributed by atoms with Gasteiger partial charge < -0.3 is 5.73 Å². The van der Waals surface area contributed by atoms with E-state index in [4.69, 9.17) is 11.1 Å². The lowest BCUT2D eigenvalue weighted by Gasteiger charge is -2.07. The Bertz CT molecular complexity index is 509. The molecule has 2 aromatic heterocycles. The minimum absolute atomic E-state index is 0.0256. The summed E-state index contributed by atoms with van der Waals surface area (Å²) in [5.41, 5.74) is 8.81. The molecular formula is C9H9N5S2. The molecule has 2 rings (SSSR count). The van der Waals surface area contributed by atoms with Crippen LogP contribution in [0.15, 0.2) is 27.1 Å². The van der Waals surface area contributed by atoms with Gasteiger partial charge in [-0.2, -0.15) is 0 Å². The van der Waals surface area contributed by atoms with Gasteiger partial charge >= 0.3 is 0 Å². The van der Waals surface area contributed by atoms with Crippen molar-refractivity contribution in [2.75, 3.05) is 0 Å². The molecule has 7 heteroatoms. The Labute approximate surface area is 101 Å². The average molecular weight is 251 g/mol. The molecule has 0 radical (unpaired) electrons. The minimum Gasteiger partial charge on any atom is -0.384 e. The van der Waals surface area contributed by atoms with Gasteiger partial charge in [-0.25, -0.2) is 4.98 Å². The molecule has 0 fully saturated rings. The third-order valence-corrected chi connectivity index (χ3v) is 3.70. The van der Waals surface area contributed by atoms with Gasteiger partial charge in [0.1, 0.15) is 16.4 Å². The highest BCUT2D eigenvalue weighted by molar-refractivity contribution is 8.01. The molecule has 3 N–H and O–H groups in total. The number of aryl methyl sites for hydroxylation is 1. The van der Waals surface area contributed by atoms with E-state index in [0.29, 0.717) is 10.6 Å². The van der Waals surface area contributed by atoms with E-state index in [-0.39, 0.29) is 5.84 Å². The Morgan fingerprint density at radius 3 is 3.00 bits per heavy atom. The third kappa shape index (κ3) is 2.20. The lowest BCUT2D eigenvalue weighted by molar-refractivity contribution is 1.00. The lowest BCUT2D eigenvalue weighted by atomic mass is 10.1. The summed E-state index contributed by atoms with van der Waals surface area (Å²) >= 11 is 2.81. The first-order valence-electron chi connectivity index (χ1n) is 4.42. The van der Waals surface area contributed by atoms with Crippen LogP contribution in [0.5, 0.6) is 0 Å². The minimum atomic E-state index is 0.0256. The maximum atomic E-state index is 7.54. The first-order chi connectivity index (χ1) is 7.68. The molecule has 0 aliphatic rings. The highest BCUT2D eigenvalue weighted by Crippen LogP contribution is 2.30. The van der Waals surface area contributed by atoms with E-state index >= 15 is 0 Å². The number of nitrogens with two attached hydrogens (primary N) is 1. The van der Waals surface area contributed by atoms with Gasteiger partial charge in [0.25, 0.3) is 0 Å². The van der Waals surface area contributed by atoms with Crippen LogP contribution in [0.25, 0.3) is 0 Å². The summed E-state index contributed by atoms with van der Waals surface area (Å²) in [6, 6.07) is 1.83. The van der Waals surface area contributed by atoms with Crippen LogP contribution in [0.4, 0.5) is 0 Å². The molecule has 0 saturated carbocycles. The summed E-state index contributed by atoms with van der Waals surface area (Å²) in [5.74, 6) is 0.0256. The van der Waals surface area contributed by atoms with Gasteiger partial charge in [0, 0.05) is 6.20 Å². The second-order valence-electron chi connectivity index (χ2n) is 3.03. The Morgan fingerprint density at radius 2 is 2.38 bits per heavy atom. The van der Waals surface area contributed by atoms with Crippen LogP contribution in [0.3, 0.4) is 0 Å². The number of nitrogen functional groups attached to an aromatic ring is 1. The van der Waals surface area contributed by atoms with Crippen molar-refractivity contribution in [2.45, 2.75) is 16.3 Å². The highest BCUT2D eigenvalue weighted by atomic mass is 32.2. The summed E-state index contributed by atoms with van der Waals surface area (Å²) in [7, 11) is 0. The van der Waals surface area contributed by atoms with Crippen molar-refractivity contribution in [3.05, 3.63) is 28.9 Å². The predicted molar refractivity (Wildman–Crippen MR) is 64.0 cm³/mol. The normalized spacial score (nSPS) is 10.3. The molecule has 0 amide bonds. The van der Waals surface area contributed by atoms with Crippen molar-refractivity contribution in [1.29, 1.82) is 5.41 Å². The van der Waals surface area contributed by atoms with E-state index in [1.165, 1.54) is 23.1 Å². The fourth-order valence-corrected chi connectivity index (χ4v) is 2.81. The number of aromatic nitrogens is 3. The van der Waals surface area contributed by atoms with Crippen LogP contribution in [0, 0.1) is 12.3 Å².